The molecule has 6 heteroatoms. The van der Waals surface area contributed by atoms with Gasteiger partial charge in [0.2, 0.25) is 5.89 Å². The normalized spacial score (nSPS) is 27.7. The predicted molar refractivity (Wildman–Crippen MR) is 89.9 cm³/mol. The monoisotopic (exact) mass is 327 g/mol. The molecule has 1 saturated carbocycles. The molecule has 1 aromatic heterocycles. The molecule has 3 rings (SSSR count). The number of rotatable bonds is 7. The predicted octanol–water partition coefficient (Wildman–Crippen LogP) is 3.30. The molecule has 3 atom stereocenters. The van der Waals surface area contributed by atoms with E-state index in [1.807, 2.05) is 23.5 Å². The quantitative estimate of drug-likeness (QED) is 0.829. The van der Waals surface area contributed by atoms with Crippen molar-refractivity contribution < 1.29 is 4.52 Å². The molecule has 1 N–H and O–H groups in total. The third-order valence-corrected chi connectivity index (χ3v) is 7.25. The molecule has 1 aromatic rings. The molecule has 0 spiro atoms. The van der Waals surface area contributed by atoms with Crippen LogP contribution in [0.5, 0.6) is 0 Å². The van der Waals surface area contributed by atoms with Gasteiger partial charge in [0, 0.05) is 29.2 Å². The highest BCUT2D eigenvalue weighted by Crippen LogP contribution is 2.41. The zero-order chi connectivity index (χ0) is 14.7. The van der Waals surface area contributed by atoms with Crippen LogP contribution in [0.25, 0.3) is 0 Å². The maximum absolute atomic E-state index is 5.53. The van der Waals surface area contributed by atoms with Crippen LogP contribution in [-0.2, 0) is 6.42 Å². The van der Waals surface area contributed by atoms with Crippen LogP contribution in [0.2, 0.25) is 0 Å². The van der Waals surface area contributed by atoms with Crippen molar-refractivity contribution >= 4 is 23.5 Å². The highest BCUT2D eigenvalue weighted by atomic mass is 32.2. The fraction of sp³-hybridized carbons (Fsp3) is 0.867. The number of nitrogens with zero attached hydrogens (tertiary/aromatic N) is 2. The molecule has 3 unspecified atom stereocenters. The summed E-state index contributed by atoms with van der Waals surface area (Å²) in [6.07, 6.45) is 4.74. The average molecular weight is 328 g/mol. The zero-order valence-corrected chi connectivity index (χ0v) is 14.5. The zero-order valence-electron chi connectivity index (χ0n) is 12.9. The van der Waals surface area contributed by atoms with E-state index in [4.69, 9.17) is 9.51 Å². The lowest BCUT2D eigenvalue weighted by Crippen LogP contribution is -2.33. The number of nitrogens with one attached hydrogen (secondary N) is 1. The Kier molecular flexibility index (Phi) is 5.51. The molecule has 1 aliphatic carbocycles. The maximum Gasteiger partial charge on any atom is 0.228 e. The van der Waals surface area contributed by atoms with E-state index in [-0.39, 0.29) is 0 Å². The van der Waals surface area contributed by atoms with Crippen molar-refractivity contribution in [3.8, 4) is 0 Å². The molecule has 2 aliphatic rings. The molecule has 21 heavy (non-hydrogen) atoms. The van der Waals surface area contributed by atoms with Crippen molar-refractivity contribution in [1.29, 1.82) is 0 Å². The van der Waals surface area contributed by atoms with Crippen molar-refractivity contribution in [2.45, 2.75) is 56.1 Å². The lowest BCUT2D eigenvalue weighted by atomic mass is 10.1. The topological polar surface area (TPSA) is 51.0 Å². The van der Waals surface area contributed by atoms with Crippen molar-refractivity contribution in [2.24, 2.45) is 5.92 Å². The minimum atomic E-state index is 0.393. The smallest absolute Gasteiger partial charge is 0.228 e. The summed E-state index contributed by atoms with van der Waals surface area (Å²) >= 11 is 3.98. The summed E-state index contributed by atoms with van der Waals surface area (Å²) in [6.45, 7) is 5.56. The van der Waals surface area contributed by atoms with Gasteiger partial charge in [0.1, 0.15) is 0 Å². The Hall–Kier alpha value is -0.200. The first kappa shape index (κ1) is 15.7. The number of hydrogen-bond acceptors (Lipinski definition) is 6. The second kappa shape index (κ2) is 7.38. The summed E-state index contributed by atoms with van der Waals surface area (Å²) in [5, 5.41) is 8.86. The highest BCUT2D eigenvalue weighted by molar-refractivity contribution is 8.06. The van der Waals surface area contributed by atoms with Crippen molar-refractivity contribution in [3.63, 3.8) is 0 Å². The van der Waals surface area contributed by atoms with Crippen LogP contribution in [0.1, 0.15) is 50.1 Å². The summed E-state index contributed by atoms with van der Waals surface area (Å²) in [6, 6.07) is 0.518. The fourth-order valence-corrected chi connectivity index (χ4v) is 5.48. The lowest BCUT2D eigenvalue weighted by molar-refractivity contribution is 0.342. The molecule has 4 nitrogen and oxygen atoms in total. The summed E-state index contributed by atoms with van der Waals surface area (Å²) in [5.41, 5.74) is 0. The van der Waals surface area contributed by atoms with Gasteiger partial charge in [0.25, 0.3) is 0 Å². The van der Waals surface area contributed by atoms with Crippen molar-refractivity contribution in [3.05, 3.63) is 11.7 Å². The molecule has 2 fully saturated rings. The Morgan fingerprint density at radius 3 is 2.86 bits per heavy atom. The molecule has 1 saturated heterocycles. The maximum atomic E-state index is 5.53. The SMILES string of the molecule is CCCNC(Cc1nc(C2SCCSC2C)no1)C1CC1. The van der Waals surface area contributed by atoms with Gasteiger partial charge in [-0.05, 0) is 31.7 Å². The van der Waals surface area contributed by atoms with Crippen molar-refractivity contribution in [2.75, 3.05) is 18.1 Å². The van der Waals surface area contributed by atoms with Crippen LogP contribution in [-0.4, -0.2) is 39.5 Å². The molecule has 2 heterocycles. The van der Waals surface area contributed by atoms with Crippen LogP contribution in [0.3, 0.4) is 0 Å². The van der Waals surface area contributed by atoms with Crippen molar-refractivity contribution in [1.82, 2.24) is 15.5 Å². The molecular formula is C15H25N3OS2. The molecule has 118 valence electrons. The third-order valence-electron chi connectivity index (χ3n) is 4.17. The molecule has 0 bridgehead atoms. The van der Waals surface area contributed by atoms with Gasteiger partial charge in [0.15, 0.2) is 5.82 Å². The van der Waals surface area contributed by atoms with E-state index >= 15 is 0 Å². The van der Waals surface area contributed by atoms with E-state index < -0.39 is 0 Å². The minimum Gasteiger partial charge on any atom is -0.339 e. The van der Waals surface area contributed by atoms with Crippen LogP contribution < -0.4 is 5.32 Å². The van der Waals surface area contributed by atoms with Crippen LogP contribution in [0.15, 0.2) is 4.52 Å². The first-order chi connectivity index (χ1) is 10.3. The van der Waals surface area contributed by atoms with Gasteiger partial charge >= 0.3 is 0 Å². The van der Waals surface area contributed by atoms with Gasteiger partial charge < -0.3 is 9.84 Å². The number of hydrogen-bond donors (Lipinski definition) is 1. The summed E-state index contributed by atoms with van der Waals surface area (Å²) < 4.78 is 5.53. The molecule has 0 radical (unpaired) electrons. The van der Waals surface area contributed by atoms with E-state index in [9.17, 15) is 0 Å². The van der Waals surface area contributed by atoms with Gasteiger partial charge in [-0.1, -0.05) is 19.0 Å². The second-order valence-corrected chi connectivity index (χ2v) is 8.75. The standard InChI is InChI=1S/C15H25N3OS2/c1-3-6-16-12(11-4-5-11)9-13-17-15(18-19-13)14-10(2)20-7-8-21-14/h10-12,14,16H,3-9H2,1-2H3. The highest BCUT2D eigenvalue weighted by Gasteiger charge is 2.33. The fourth-order valence-electron chi connectivity index (χ4n) is 2.80. The largest absolute Gasteiger partial charge is 0.339 e. The van der Waals surface area contributed by atoms with Gasteiger partial charge in [0.05, 0.1) is 5.25 Å². The molecule has 1 aliphatic heterocycles. The summed E-state index contributed by atoms with van der Waals surface area (Å²) in [5.74, 6) is 4.95. The number of aromatic nitrogens is 2. The molecule has 0 amide bonds. The van der Waals surface area contributed by atoms with Gasteiger partial charge in [-0.2, -0.15) is 16.7 Å². The Bertz CT molecular complexity index is 450. The molecular weight excluding hydrogens is 302 g/mol. The average Bonchev–Trinajstić information content (AvgIpc) is 3.24. The Morgan fingerprint density at radius 1 is 1.33 bits per heavy atom. The Balaban J connectivity index is 1.60. The van der Waals surface area contributed by atoms with Gasteiger partial charge in [-0.15, -0.1) is 11.8 Å². The Labute approximate surface area is 135 Å². The third kappa shape index (κ3) is 4.17. The Morgan fingerprint density at radius 2 is 2.14 bits per heavy atom. The van der Waals surface area contributed by atoms with E-state index in [0.717, 1.165) is 30.6 Å². The van der Waals surface area contributed by atoms with Gasteiger partial charge in [-0.25, -0.2) is 0 Å². The van der Waals surface area contributed by atoms with Crippen LogP contribution in [0.4, 0.5) is 0 Å². The van der Waals surface area contributed by atoms with E-state index in [1.165, 1.54) is 30.8 Å². The molecule has 0 aromatic carbocycles. The minimum absolute atomic E-state index is 0.393. The van der Waals surface area contributed by atoms with Crippen LogP contribution in [0, 0.1) is 5.92 Å². The first-order valence-electron chi connectivity index (χ1n) is 8.07. The summed E-state index contributed by atoms with van der Waals surface area (Å²) in [4.78, 5) is 4.69. The summed E-state index contributed by atoms with van der Waals surface area (Å²) in [7, 11) is 0. The van der Waals surface area contributed by atoms with Gasteiger partial charge in [-0.3, -0.25) is 0 Å². The second-order valence-electron chi connectivity index (χ2n) is 6.02. The number of thioether (sulfide) groups is 2. The van der Waals surface area contributed by atoms with E-state index in [0.29, 0.717) is 16.5 Å². The van der Waals surface area contributed by atoms with E-state index in [1.54, 1.807) is 0 Å². The van der Waals surface area contributed by atoms with E-state index in [2.05, 4.69) is 24.3 Å². The first-order valence-corrected chi connectivity index (χ1v) is 10.2. The lowest BCUT2D eigenvalue weighted by Gasteiger charge is -2.24. The van der Waals surface area contributed by atoms with Crippen LogP contribution >= 0.6 is 23.5 Å².